The minimum absolute atomic E-state index is 0.0396. The zero-order valence-electron chi connectivity index (χ0n) is 9.32. The largest absolute Gasteiger partial charge is 0.435 e. The van der Waals surface area contributed by atoms with Crippen molar-refractivity contribution in [1.82, 2.24) is 0 Å². The molecule has 0 bridgehead atoms. The van der Waals surface area contributed by atoms with E-state index in [1.165, 1.54) is 24.3 Å². The van der Waals surface area contributed by atoms with Crippen molar-refractivity contribution in [2.24, 2.45) is 5.73 Å². The van der Waals surface area contributed by atoms with Gasteiger partial charge in [0.25, 0.3) is 0 Å². The molecule has 6 heteroatoms. The topological polar surface area (TPSA) is 64.4 Å². The standard InChI is InChI=1S/C11H14F2N2O2/c1-2-9(14)10(16)15-7-3-5-8(6-4-7)17-11(12)13/h3-6,9,11H,2,14H2,1H3,(H,15,16)/t9-/m0/s1. The van der Waals surface area contributed by atoms with Crippen molar-refractivity contribution in [3.63, 3.8) is 0 Å². The van der Waals surface area contributed by atoms with E-state index in [1.807, 2.05) is 0 Å². The second-order valence-corrected chi connectivity index (χ2v) is 3.41. The normalized spacial score (nSPS) is 12.3. The molecule has 1 rings (SSSR count). The highest BCUT2D eigenvalue weighted by Crippen LogP contribution is 2.17. The number of anilines is 1. The number of carbonyl (C=O) groups excluding carboxylic acids is 1. The lowest BCUT2D eigenvalue weighted by Gasteiger charge is -2.10. The van der Waals surface area contributed by atoms with Crippen molar-refractivity contribution in [2.45, 2.75) is 26.0 Å². The predicted molar refractivity (Wildman–Crippen MR) is 60.0 cm³/mol. The number of rotatable bonds is 5. The molecule has 3 N–H and O–H groups in total. The summed E-state index contributed by atoms with van der Waals surface area (Å²) in [5.74, 6) is -0.271. The minimum Gasteiger partial charge on any atom is -0.435 e. The summed E-state index contributed by atoms with van der Waals surface area (Å²) < 4.78 is 27.9. The van der Waals surface area contributed by atoms with Gasteiger partial charge in [-0.05, 0) is 30.7 Å². The number of alkyl halides is 2. The molecule has 17 heavy (non-hydrogen) atoms. The molecule has 0 aliphatic rings. The van der Waals surface area contributed by atoms with Crippen molar-refractivity contribution in [1.29, 1.82) is 0 Å². The molecule has 1 amide bonds. The van der Waals surface area contributed by atoms with Crippen molar-refractivity contribution in [3.8, 4) is 5.75 Å². The van der Waals surface area contributed by atoms with E-state index in [2.05, 4.69) is 10.1 Å². The van der Waals surface area contributed by atoms with Crippen molar-refractivity contribution < 1.29 is 18.3 Å². The van der Waals surface area contributed by atoms with E-state index in [0.717, 1.165) is 0 Å². The molecule has 0 spiro atoms. The van der Waals surface area contributed by atoms with Crippen molar-refractivity contribution in [2.75, 3.05) is 5.32 Å². The van der Waals surface area contributed by atoms with Gasteiger partial charge in [-0.1, -0.05) is 6.92 Å². The molecule has 1 atom stereocenters. The van der Waals surface area contributed by atoms with Gasteiger partial charge in [0, 0.05) is 5.69 Å². The van der Waals surface area contributed by atoms with Gasteiger partial charge in [0.15, 0.2) is 0 Å². The molecule has 0 saturated carbocycles. The summed E-state index contributed by atoms with van der Waals surface area (Å²) in [4.78, 5) is 11.4. The smallest absolute Gasteiger partial charge is 0.387 e. The molecule has 0 heterocycles. The fourth-order valence-corrected chi connectivity index (χ4v) is 1.14. The summed E-state index contributed by atoms with van der Waals surface area (Å²) in [6.07, 6.45) is 0.526. The van der Waals surface area contributed by atoms with Gasteiger partial charge in [-0.2, -0.15) is 8.78 Å². The first-order valence-corrected chi connectivity index (χ1v) is 5.14. The Hall–Kier alpha value is -1.69. The van der Waals surface area contributed by atoms with Gasteiger partial charge in [-0.25, -0.2) is 0 Å². The summed E-state index contributed by atoms with van der Waals surface area (Å²) in [5.41, 5.74) is 6.01. The lowest BCUT2D eigenvalue weighted by atomic mass is 10.2. The number of hydrogen-bond donors (Lipinski definition) is 2. The molecule has 0 fully saturated rings. The van der Waals surface area contributed by atoms with Crippen LogP contribution in [0.25, 0.3) is 0 Å². The van der Waals surface area contributed by atoms with Gasteiger partial charge >= 0.3 is 6.61 Å². The van der Waals surface area contributed by atoms with Crippen LogP contribution in [0.1, 0.15) is 13.3 Å². The second kappa shape index (κ2) is 6.15. The zero-order chi connectivity index (χ0) is 12.8. The Morgan fingerprint density at radius 1 is 1.41 bits per heavy atom. The highest BCUT2D eigenvalue weighted by atomic mass is 19.3. The van der Waals surface area contributed by atoms with Gasteiger partial charge in [-0.3, -0.25) is 4.79 Å². The minimum atomic E-state index is -2.86. The van der Waals surface area contributed by atoms with Crippen LogP contribution in [-0.4, -0.2) is 18.6 Å². The maximum atomic E-state index is 11.9. The molecule has 0 unspecified atom stereocenters. The van der Waals surface area contributed by atoms with Crippen molar-refractivity contribution in [3.05, 3.63) is 24.3 Å². The highest BCUT2D eigenvalue weighted by Gasteiger charge is 2.11. The Morgan fingerprint density at radius 3 is 2.47 bits per heavy atom. The van der Waals surface area contributed by atoms with E-state index < -0.39 is 12.7 Å². The van der Waals surface area contributed by atoms with Crippen LogP contribution in [0.4, 0.5) is 14.5 Å². The molecule has 0 saturated heterocycles. The molecule has 0 aliphatic carbocycles. The third kappa shape index (κ3) is 4.36. The monoisotopic (exact) mass is 244 g/mol. The van der Waals surface area contributed by atoms with Crippen LogP contribution < -0.4 is 15.8 Å². The molecule has 0 aromatic heterocycles. The molecule has 1 aromatic carbocycles. The van der Waals surface area contributed by atoms with Gasteiger partial charge in [0.1, 0.15) is 5.75 Å². The molecule has 1 aromatic rings. The van der Waals surface area contributed by atoms with E-state index >= 15 is 0 Å². The Kier molecular flexibility index (Phi) is 4.84. The first-order valence-electron chi connectivity index (χ1n) is 5.14. The maximum absolute atomic E-state index is 11.9. The lowest BCUT2D eigenvalue weighted by Crippen LogP contribution is -2.34. The van der Waals surface area contributed by atoms with Crippen molar-refractivity contribution >= 4 is 11.6 Å². The first-order chi connectivity index (χ1) is 8.02. The Morgan fingerprint density at radius 2 is 2.00 bits per heavy atom. The van der Waals surface area contributed by atoms with Gasteiger partial charge in [0.05, 0.1) is 6.04 Å². The van der Waals surface area contributed by atoms with Crippen LogP contribution in [0.5, 0.6) is 5.75 Å². The molecule has 94 valence electrons. The zero-order valence-corrected chi connectivity index (χ0v) is 9.32. The molecular weight excluding hydrogens is 230 g/mol. The number of carbonyl (C=O) groups is 1. The summed E-state index contributed by atoms with van der Waals surface area (Å²) in [5, 5.41) is 2.57. The SMILES string of the molecule is CC[C@H](N)C(=O)Nc1ccc(OC(F)F)cc1. The Bertz CT molecular complexity index is 368. The number of nitrogens with one attached hydrogen (secondary N) is 1. The number of halogens is 2. The van der Waals surface area contributed by atoms with Crippen LogP contribution in [0.2, 0.25) is 0 Å². The maximum Gasteiger partial charge on any atom is 0.387 e. The van der Waals surface area contributed by atoms with Gasteiger partial charge < -0.3 is 15.8 Å². The van der Waals surface area contributed by atoms with Gasteiger partial charge in [0.2, 0.25) is 5.91 Å². The van der Waals surface area contributed by atoms with E-state index in [4.69, 9.17) is 5.73 Å². The number of nitrogens with two attached hydrogens (primary N) is 1. The number of amides is 1. The summed E-state index contributed by atoms with van der Waals surface area (Å²) in [6.45, 7) is -1.06. The van der Waals surface area contributed by atoms with Crippen LogP contribution in [0, 0.1) is 0 Å². The second-order valence-electron chi connectivity index (χ2n) is 3.41. The average Bonchev–Trinajstić information content (AvgIpc) is 2.30. The summed E-state index contributed by atoms with van der Waals surface area (Å²) in [6, 6.07) is 5.06. The van der Waals surface area contributed by atoms with Crippen LogP contribution in [0.15, 0.2) is 24.3 Å². The third-order valence-electron chi connectivity index (χ3n) is 2.12. The van der Waals surface area contributed by atoms with Crippen LogP contribution in [-0.2, 0) is 4.79 Å². The fraction of sp³-hybridized carbons (Fsp3) is 0.364. The lowest BCUT2D eigenvalue weighted by molar-refractivity contribution is -0.117. The summed E-state index contributed by atoms with van der Waals surface area (Å²) in [7, 11) is 0. The molecule has 4 nitrogen and oxygen atoms in total. The molecular formula is C11H14F2N2O2. The summed E-state index contributed by atoms with van der Waals surface area (Å²) >= 11 is 0. The molecule has 0 radical (unpaired) electrons. The number of benzene rings is 1. The quantitative estimate of drug-likeness (QED) is 0.832. The third-order valence-corrected chi connectivity index (χ3v) is 2.12. The first kappa shape index (κ1) is 13.4. The van der Waals surface area contributed by atoms with Crippen LogP contribution >= 0.6 is 0 Å². The van der Waals surface area contributed by atoms with E-state index in [-0.39, 0.29) is 11.7 Å². The average molecular weight is 244 g/mol. The fourth-order valence-electron chi connectivity index (χ4n) is 1.14. The van der Waals surface area contributed by atoms with Crippen LogP contribution in [0.3, 0.4) is 0 Å². The number of hydrogen-bond acceptors (Lipinski definition) is 3. The predicted octanol–water partition coefficient (Wildman–Crippen LogP) is 1.96. The Labute approximate surface area is 97.8 Å². The van der Waals surface area contributed by atoms with E-state index in [9.17, 15) is 13.6 Å². The number of ether oxygens (including phenoxy) is 1. The van der Waals surface area contributed by atoms with E-state index in [0.29, 0.717) is 12.1 Å². The van der Waals surface area contributed by atoms with Gasteiger partial charge in [-0.15, -0.1) is 0 Å². The Balaban J connectivity index is 2.59. The highest BCUT2D eigenvalue weighted by molar-refractivity contribution is 5.94. The van der Waals surface area contributed by atoms with E-state index in [1.54, 1.807) is 6.92 Å². The molecule has 0 aliphatic heterocycles.